The second-order valence-corrected chi connectivity index (χ2v) is 5.80. The molecule has 2 saturated heterocycles. The van der Waals surface area contributed by atoms with Crippen LogP contribution in [-0.4, -0.2) is 47.1 Å². The Labute approximate surface area is 121 Å². The first-order chi connectivity index (χ1) is 9.80. The van der Waals surface area contributed by atoms with Crippen molar-refractivity contribution in [3.63, 3.8) is 0 Å². The van der Waals surface area contributed by atoms with E-state index in [4.69, 9.17) is 0 Å². The first kappa shape index (κ1) is 13.6. The fourth-order valence-corrected chi connectivity index (χ4v) is 3.46. The molecule has 0 aliphatic carbocycles. The Bertz CT molecular complexity index is 439. The Hall–Kier alpha value is -1.36. The standard InChI is InChI=1S/C15H25N5/c1-3-13-18-14(16-2)10-15(19-13)17-11-7-9-20-8-5-4-6-12(11)20/h10-12H,3-9H2,1-2H3,(H2,16,17,18,19). The number of aromatic nitrogens is 2. The van der Waals surface area contributed by atoms with Crippen LogP contribution in [0.3, 0.4) is 0 Å². The first-order valence-electron chi connectivity index (χ1n) is 7.86. The van der Waals surface area contributed by atoms with E-state index in [9.17, 15) is 0 Å². The summed E-state index contributed by atoms with van der Waals surface area (Å²) in [6.45, 7) is 4.60. The Morgan fingerprint density at radius 3 is 2.85 bits per heavy atom. The van der Waals surface area contributed by atoms with Crippen molar-refractivity contribution in [2.45, 2.75) is 51.1 Å². The minimum atomic E-state index is 0.541. The van der Waals surface area contributed by atoms with Crippen LogP contribution in [0.4, 0.5) is 11.6 Å². The van der Waals surface area contributed by atoms with E-state index in [2.05, 4.69) is 32.4 Å². The summed E-state index contributed by atoms with van der Waals surface area (Å²) in [5, 5.41) is 6.78. The van der Waals surface area contributed by atoms with Gasteiger partial charge in [0.25, 0.3) is 0 Å². The summed E-state index contributed by atoms with van der Waals surface area (Å²) in [5.74, 6) is 2.77. The van der Waals surface area contributed by atoms with Gasteiger partial charge in [0, 0.05) is 38.2 Å². The van der Waals surface area contributed by atoms with Gasteiger partial charge in [-0.1, -0.05) is 13.3 Å². The van der Waals surface area contributed by atoms with E-state index in [0.717, 1.165) is 23.9 Å². The molecule has 3 rings (SSSR count). The third-order valence-electron chi connectivity index (χ3n) is 4.53. The SMILES string of the molecule is CCc1nc(NC)cc(NC2CCN3CCCCC23)n1. The van der Waals surface area contributed by atoms with Gasteiger partial charge in [0.1, 0.15) is 17.5 Å². The van der Waals surface area contributed by atoms with Gasteiger partial charge in [-0.15, -0.1) is 0 Å². The zero-order valence-electron chi connectivity index (χ0n) is 12.5. The van der Waals surface area contributed by atoms with Gasteiger partial charge >= 0.3 is 0 Å². The van der Waals surface area contributed by atoms with Gasteiger partial charge in [-0.25, -0.2) is 9.97 Å². The van der Waals surface area contributed by atoms with Crippen LogP contribution in [0.5, 0.6) is 0 Å². The van der Waals surface area contributed by atoms with Crippen LogP contribution in [0.2, 0.25) is 0 Å². The second kappa shape index (κ2) is 5.95. The summed E-state index contributed by atoms with van der Waals surface area (Å²) < 4.78 is 0. The van der Waals surface area contributed by atoms with Gasteiger partial charge in [0.15, 0.2) is 0 Å². The average molecular weight is 275 g/mol. The lowest BCUT2D eigenvalue weighted by molar-refractivity contribution is 0.192. The quantitative estimate of drug-likeness (QED) is 0.881. The summed E-state index contributed by atoms with van der Waals surface area (Å²) in [7, 11) is 1.91. The van der Waals surface area contributed by atoms with E-state index in [1.807, 2.05) is 13.1 Å². The predicted molar refractivity (Wildman–Crippen MR) is 82.2 cm³/mol. The fourth-order valence-electron chi connectivity index (χ4n) is 3.46. The summed E-state index contributed by atoms with van der Waals surface area (Å²) in [5.41, 5.74) is 0. The van der Waals surface area contributed by atoms with Gasteiger partial charge in [0.05, 0.1) is 0 Å². The number of anilines is 2. The number of nitrogens with zero attached hydrogens (tertiary/aromatic N) is 3. The monoisotopic (exact) mass is 275 g/mol. The average Bonchev–Trinajstić information content (AvgIpc) is 2.90. The van der Waals surface area contributed by atoms with Gasteiger partial charge in [-0.3, -0.25) is 4.90 Å². The highest BCUT2D eigenvalue weighted by molar-refractivity contribution is 5.48. The van der Waals surface area contributed by atoms with Crippen LogP contribution in [0.1, 0.15) is 38.4 Å². The molecule has 110 valence electrons. The molecule has 0 radical (unpaired) electrons. The van der Waals surface area contributed by atoms with Crippen LogP contribution in [-0.2, 0) is 6.42 Å². The van der Waals surface area contributed by atoms with Crippen molar-refractivity contribution in [1.82, 2.24) is 14.9 Å². The molecule has 2 aliphatic heterocycles. The lowest BCUT2D eigenvalue weighted by Gasteiger charge is -2.32. The molecule has 3 heterocycles. The number of nitrogens with one attached hydrogen (secondary N) is 2. The van der Waals surface area contributed by atoms with E-state index in [1.54, 1.807) is 0 Å². The molecule has 0 spiro atoms. The summed E-state index contributed by atoms with van der Waals surface area (Å²) in [6.07, 6.45) is 6.14. The molecule has 20 heavy (non-hydrogen) atoms. The van der Waals surface area contributed by atoms with Crippen molar-refractivity contribution >= 4 is 11.6 Å². The van der Waals surface area contributed by atoms with Crippen LogP contribution in [0.25, 0.3) is 0 Å². The van der Waals surface area contributed by atoms with Crippen LogP contribution in [0, 0.1) is 0 Å². The molecule has 2 aliphatic rings. The minimum Gasteiger partial charge on any atom is -0.373 e. The molecule has 5 heteroatoms. The van der Waals surface area contributed by atoms with Gasteiger partial charge in [-0.2, -0.15) is 0 Å². The number of hydrogen-bond acceptors (Lipinski definition) is 5. The normalized spacial score (nSPS) is 26.3. The second-order valence-electron chi connectivity index (χ2n) is 5.80. The zero-order valence-corrected chi connectivity index (χ0v) is 12.5. The van der Waals surface area contributed by atoms with Crippen molar-refractivity contribution in [3.8, 4) is 0 Å². The van der Waals surface area contributed by atoms with E-state index < -0.39 is 0 Å². The highest BCUT2D eigenvalue weighted by Crippen LogP contribution is 2.29. The van der Waals surface area contributed by atoms with E-state index in [0.29, 0.717) is 12.1 Å². The lowest BCUT2D eigenvalue weighted by Crippen LogP contribution is -2.41. The van der Waals surface area contributed by atoms with Crippen molar-refractivity contribution < 1.29 is 0 Å². The van der Waals surface area contributed by atoms with Crippen molar-refractivity contribution in [2.24, 2.45) is 0 Å². The molecule has 2 fully saturated rings. The number of rotatable bonds is 4. The maximum atomic E-state index is 4.62. The Morgan fingerprint density at radius 1 is 1.20 bits per heavy atom. The molecular weight excluding hydrogens is 250 g/mol. The van der Waals surface area contributed by atoms with Gasteiger partial charge < -0.3 is 10.6 Å². The number of hydrogen-bond donors (Lipinski definition) is 2. The van der Waals surface area contributed by atoms with Crippen LogP contribution in [0.15, 0.2) is 6.07 Å². The molecule has 1 aromatic heterocycles. The maximum absolute atomic E-state index is 4.62. The maximum Gasteiger partial charge on any atom is 0.132 e. The minimum absolute atomic E-state index is 0.541. The van der Waals surface area contributed by atoms with Crippen molar-refractivity contribution in [3.05, 3.63) is 11.9 Å². The van der Waals surface area contributed by atoms with Crippen LogP contribution < -0.4 is 10.6 Å². The number of aryl methyl sites for hydroxylation is 1. The molecule has 2 unspecified atom stereocenters. The third-order valence-corrected chi connectivity index (χ3v) is 4.53. The molecule has 2 atom stereocenters. The van der Waals surface area contributed by atoms with Gasteiger partial charge in [-0.05, 0) is 25.8 Å². The number of fused-ring (bicyclic) bond motifs is 1. The van der Waals surface area contributed by atoms with Crippen molar-refractivity contribution in [2.75, 3.05) is 30.8 Å². The molecule has 1 aromatic rings. The largest absolute Gasteiger partial charge is 0.373 e. The Kier molecular flexibility index (Phi) is 4.05. The molecule has 2 N–H and O–H groups in total. The van der Waals surface area contributed by atoms with E-state index in [1.165, 1.54) is 38.8 Å². The molecule has 0 aromatic carbocycles. The fraction of sp³-hybridized carbons (Fsp3) is 0.733. The zero-order chi connectivity index (χ0) is 13.9. The third kappa shape index (κ3) is 2.73. The van der Waals surface area contributed by atoms with Gasteiger partial charge in [0.2, 0.25) is 0 Å². The molecular formula is C15H25N5. The topological polar surface area (TPSA) is 53.1 Å². The predicted octanol–water partition coefficient (Wildman–Crippen LogP) is 2.12. The highest BCUT2D eigenvalue weighted by Gasteiger charge is 2.35. The van der Waals surface area contributed by atoms with Crippen molar-refractivity contribution in [1.29, 1.82) is 0 Å². The highest BCUT2D eigenvalue weighted by atomic mass is 15.2. The lowest BCUT2D eigenvalue weighted by atomic mass is 9.99. The molecule has 5 nitrogen and oxygen atoms in total. The van der Waals surface area contributed by atoms with E-state index >= 15 is 0 Å². The van der Waals surface area contributed by atoms with Crippen LogP contribution >= 0.6 is 0 Å². The molecule has 0 amide bonds. The number of piperidine rings is 1. The summed E-state index contributed by atoms with van der Waals surface area (Å²) in [4.78, 5) is 11.7. The Balaban J connectivity index is 1.74. The van der Waals surface area contributed by atoms with E-state index in [-0.39, 0.29) is 0 Å². The molecule has 0 saturated carbocycles. The Morgan fingerprint density at radius 2 is 2.05 bits per heavy atom. The molecule has 0 bridgehead atoms. The summed E-state index contributed by atoms with van der Waals surface area (Å²) >= 11 is 0. The smallest absolute Gasteiger partial charge is 0.132 e. The summed E-state index contributed by atoms with van der Waals surface area (Å²) in [6, 6.07) is 3.26. The first-order valence-corrected chi connectivity index (χ1v) is 7.86.